The van der Waals surface area contributed by atoms with E-state index in [-0.39, 0.29) is 23.7 Å². The number of rotatable bonds is 6. The third kappa shape index (κ3) is 4.69. The number of piperazine rings is 1. The van der Waals surface area contributed by atoms with Crippen LogP contribution in [0.15, 0.2) is 48.5 Å². The molecule has 1 aliphatic heterocycles. The monoisotopic (exact) mass is 385 g/mol. The highest BCUT2D eigenvalue weighted by Crippen LogP contribution is 2.24. The molecule has 2 unspecified atom stereocenters. The van der Waals surface area contributed by atoms with Gasteiger partial charge >= 0.3 is 0 Å². The molecule has 1 aliphatic rings. The third-order valence-corrected chi connectivity index (χ3v) is 5.43. The summed E-state index contributed by atoms with van der Waals surface area (Å²) in [5.74, 6) is 0.215. The predicted molar refractivity (Wildman–Crippen MR) is 107 cm³/mol. The van der Waals surface area contributed by atoms with Gasteiger partial charge in [0.2, 0.25) is 5.91 Å². The van der Waals surface area contributed by atoms with E-state index in [9.17, 15) is 9.18 Å². The molecule has 0 saturated carbocycles. The highest BCUT2D eigenvalue weighted by atomic mass is 19.1. The maximum atomic E-state index is 13.6. The highest BCUT2D eigenvalue weighted by molar-refractivity contribution is 5.79. The molecule has 1 amide bonds. The molecule has 2 aromatic carbocycles. The second kappa shape index (κ2) is 9.17. The quantitative estimate of drug-likeness (QED) is 0.831. The van der Waals surface area contributed by atoms with Crippen molar-refractivity contribution in [2.75, 3.05) is 33.3 Å². The summed E-state index contributed by atoms with van der Waals surface area (Å²) in [6.07, 6.45) is 0. The Morgan fingerprint density at radius 2 is 1.82 bits per heavy atom. The molecule has 1 saturated heterocycles. The molecule has 2 aromatic rings. The van der Waals surface area contributed by atoms with E-state index in [0.717, 1.165) is 24.2 Å². The summed E-state index contributed by atoms with van der Waals surface area (Å²) in [7, 11) is 1.59. The maximum absolute atomic E-state index is 13.6. The van der Waals surface area contributed by atoms with Crippen molar-refractivity contribution in [3.8, 4) is 5.75 Å². The van der Waals surface area contributed by atoms with Crippen LogP contribution in [0, 0.1) is 11.7 Å². The smallest absolute Gasteiger partial charge is 0.227 e. The zero-order valence-electron chi connectivity index (χ0n) is 16.5. The molecule has 0 bridgehead atoms. The van der Waals surface area contributed by atoms with Crippen molar-refractivity contribution in [2.24, 2.45) is 11.7 Å². The second-order valence-corrected chi connectivity index (χ2v) is 7.28. The van der Waals surface area contributed by atoms with Crippen LogP contribution in [0.4, 0.5) is 4.39 Å². The summed E-state index contributed by atoms with van der Waals surface area (Å²) in [6.45, 7) is 5.24. The van der Waals surface area contributed by atoms with Crippen molar-refractivity contribution in [3.63, 3.8) is 0 Å². The summed E-state index contributed by atoms with van der Waals surface area (Å²) in [5, 5.41) is 0. The fraction of sp³-hybridized carbons (Fsp3) is 0.409. The Hall–Kier alpha value is -2.44. The van der Waals surface area contributed by atoms with Gasteiger partial charge in [0.1, 0.15) is 11.6 Å². The molecule has 0 aliphatic carbocycles. The third-order valence-electron chi connectivity index (χ3n) is 5.43. The molecule has 1 heterocycles. The Morgan fingerprint density at radius 1 is 1.14 bits per heavy atom. The van der Waals surface area contributed by atoms with Crippen molar-refractivity contribution < 1.29 is 13.9 Å². The molecule has 28 heavy (non-hydrogen) atoms. The van der Waals surface area contributed by atoms with Gasteiger partial charge in [-0.3, -0.25) is 9.69 Å². The van der Waals surface area contributed by atoms with Crippen LogP contribution in [0.1, 0.15) is 24.1 Å². The van der Waals surface area contributed by atoms with Crippen molar-refractivity contribution in [1.82, 2.24) is 9.80 Å². The molecule has 5 nitrogen and oxygen atoms in total. The number of carbonyl (C=O) groups is 1. The number of carbonyl (C=O) groups excluding carboxylic acids is 1. The Kier molecular flexibility index (Phi) is 6.65. The van der Waals surface area contributed by atoms with Gasteiger partial charge in [-0.1, -0.05) is 37.3 Å². The topological polar surface area (TPSA) is 58.8 Å². The Morgan fingerprint density at radius 3 is 2.46 bits per heavy atom. The first-order valence-electron chi connectivity index (χ1n) is 9.63. The summed E-state index contributed by atoms with van der Waals surface area (Å²) < 4.78 is 18.9. The SMILES string of the molecule is COc1ccc(F)cc1CN1CCN(C(=O)C(C)C(N)c2ccccc2)CC1. The molecule has 2 atom stereocenters. The average molecular weight is 385 g/mol. The molecule has 0 aromatic heterocycles. The summed E-state index contributed by atoms with van der Waals surface area (Å²) in [5.41, 5.74) is 8.11. The number of hydrogen-bond acceptors (Lipinski definition) is 4. The molecule has 2 N–H and O–H groups in total. The number of nitrogens with two attached hydrogens (primary N) is 1. The van der Waals surface area contributed by atoms with Crippen LogP contribution in [0.2, 0.25) is 0 Å². The summed E-state index contributed by atoms with van der Waals surface area (Å²) in [6, 6.07) is 14.0. The van der Waals surface area contributed by atoms with E-state index < -0.39 is 0 Å². The lowest BCUT2D eigenvalue weighted by atomic mass is 9.94. The molecular formula is C22H28FN3O2. The molecule has 150 valence electrons. The lowest BCUT2D eigenvalue weighted by molar-refractivity contribution is -0.137. The summed E-state index contributed by atoms with van der Waals surface area (Å²) in [4.78, 5) is 17.0. The van der Waals surface area contributed by atoms with Crippen molar-refractivity contribution in [2.45, 2.75) is 19.5 Å². The number of benzene rings is 2. The van der Waals surface area contributed by atoms with Crippen molar-refractivity contribution in [1.29, 1.82) is 0 Å². The maximum Gasteiger partial charge on any atom is 0.227 e. The van der Waals surface area contributed by atoms with E-state index in [4.69, 9.17) is 10.5 Å². The fourth-order valence-corrected chi connectivity index (χ4v) is 3.64. The zero-order valence-corrected chi connectivity index (χ0v) is 16.5. The first-order chi connectivity index (χ1) is 13.5. The molecular weight excluding hydrogens is 357 g/mol. The van der Waals surface area contributed by atoms with Gasteiger partial charge in [0.15, 0.2) is 0 Å². The van der Waals surface area contributed by atoms with Crippen LogP contribution in [-0.4, -0.2) is 49.0 Å². The first-order valence-corrected chi connectivity index (χ1v) is 9.63. The number of ether oxygens (including phenoxy) is 1. The zero-order chi connectivity index (χ0) is 20.1. The molecule has 0 spiro atoms. The Balaban J connectivity index is 1.56. The lowest BCUT2D eigenvalue weighted by Gasteiger charge is -2.37. The van der Waals surface area contributed by atoms with Gasteiger partial charge in [-0.15, -0.1) is 0 Å². The lowest BCUT2D eigenvalue weighted by Crippen LogP contribution is -2.50. The van der Waals surface area contributed by atoms with Gasteiger partial charge in [0, 0.05) is 44.3 Å². The van der Waals surface area contributed by atoms with E-state index in [2.05, 4.69) is 4.90 Å². The van der Waals surface area contributed by atoms with Crippen LogP contribution >= 0.6 is 0 Å². The number of hydrogen-bond donors (Lipinski definition) is 1. The minimum atomic E-state index is -0.316. The van der Waals surface area contributed by atoms with Gasteiger partial charge < -0.3 is 15.4 Å². The van der Waals surface area contributed by atoms with Crippen molar-refractivity contribution in [3.05, 3.63) is 65.5 Å². The second-order valence-electron chi connectivity index (χ2n) is 7.28. The minimum absolute atomic E-state index is 0.0827. The Bertz CT molecular complexity index is 792. The fourth-order valence-electron chi connectivity index (χ4n) is 3.64. The molecule has 6 heteroatoms. The summed E-state index contributed by atoms with van der Waals surface area (Å²) >= 11 is 0. The van der Waals surface area contributed by atoms with Gasteiger partial charge in [-0.2, -0.15) is 0 Å². The first kappa shape index (κ1) is 20.3. The molecule has 1 fully saturated rings. The van der Waals surface area contributed by atoms with Crippen LogP contribution in [-0.2, 0) is 11.3 Å². The average Bonchev–Trinajstić information content (AvgIpc) is 2.73. The van der Waals surface area contributed by atoms with Gasteiger partial charge in [0.25, 0.3) is 0 Å². The number of amides is 1. The van der Waals surface area contributed by atoms with E-state index in [1.54, 1.807) is 13.2 Å². The largest absolute Gasteiger partial charge is 0.496 e. The van der Waals surface area contributed by atoms with Gasteiger partial charge in [0.05, 0.1) is 13.0 Å². The standard InChI is InChI=1S/C22H28FN3O2/c1-16(21(24)17-6-4-3-5-7-17)22(27)26-12-10-25(11-13-26)15-18-14-19(23)8-9-20(18)28-2/h3-9,14,16,21H,10-13,15,24H2,1-2H3. The molecule has 0 radical (unpaired) electrons. The van der Waals surface area contributed by atoms with Crippen LogP contribution in [0.3, 0.4) is 0 Å². The van der Waals surface area contributed by atoms with Crippen LogP contribution < -0.4 is 10.5 Å². The van der Waals surface area contributed by atoms with E-state index in [0.29, 0.717) is 25.4 Å². The van der Waals surface area contributed by atoms with E-state index in [1.807, 2.05) is 42.2 Å². The Labute approximate surface area is 165 Å². The van der Waals surface area contributed by atoms with Crippen LogP contribution in [0.25, 0.3) is 0 Å². The van der Waals surface area contributed by atoms with E-state index >= 15 is 0 Å². The van der Waals surface area contributed by atoms with Gasteiger partial charge in [-0.25, -0.2) is 4.39 Å². The van der Waals surface area contributed by atoms with Crippen LogP contribution in [0.5, 0.6) is 5.75 Å². The molecule has 3 rings (SSSR count). The number of nitrogens with zero attached hydrogens (tertiary/aromatic N) is 2. The normalized spacial score (nSPS) is 17.2. The number of methoxy groups -OCH3 is 1. The van der Waals surface area contributed by atoms with Gasteiger partial charge in [-0.05, 0) is 23.8 Å². The van der Waals surface area contributed by atoms with E-state index in [1.165, 1.54) is 12.1 Å². The minimum Gasteiger partial charge on any atom is -0.496 e. The number of halogens is 1. The predicted octanol–water partition coefficient (Wildman–Crippen LogP) is 2.81. The van der Waals surface area contributed by atoms with Crippen molar-refractivity contribution >= 4 is 5.91 Å². The highest BCUT2D eigenvalue weighted by Gasteiger charge is 2.29.